The van der Waals surface area contributed by atoms with Crippen molar-refractivity contribution in [2.45, 2.75) is 51.4 Å². The van der Waals surface area contributed by atoms with Gasteiger partial charge in [-0.25, -0.2) is 9.59 Å². The van der Waals surface area contributed by atoms with Crippen molar-refractivity contribution in [2.24, 2.45) is 5.41 Å². The van der Waals surface area contributed by atoms with Crippen LogP contribution in [0.25, 0.3) is 0 Å². The minimum Gasteiger partial charge on any atom is -0.467 e. The highest BCUT2D eigenvalue weighted by atomic mass is 16.6. The van der Waals surface area contributed by atoms with Crippen molar-refractivity contribution < 1.29 is 23.8 Å². The molecule has 2 saturated heterocycles. The molecule has 1 unspecified atom stereocenters. The zero-order valence-electron chi connectivity index (χ0n) is 13.8. The van der Waals surface area contributed by atoms with Gasteiger partial charge in [-0.3, -0.25) is 4.90 Å². The third kappa shape index (κ3) is 2.84. The van der Waals surface area contributed by atoms with E-state index < -0.39 is 29.1 Å². The lowest BCUT2D eigenvalue weighted by Gasteiger charge is -2.34. The molecule has 0 radical (unpaired) electrons. The van der Waals surface area contributed by atoms with E-state index in [-0.39, 0.29) is 6.10 Å². The Bertz CT molecular complexity index is 470. The molecule has 2 rings (SSSR count). The molecule has 6 nitrogen and oxygen atoms in total. The van der Waals surface area contributed by atoms with Gasteiger partial charge >= 0.3 is 12.1 Å². The zero-order valence-corrected chi connectivity index (χ0v) is 13.8. The van der Waals surface area contributed by atoms with Crippen LogP contribution in [0.2, 0.25) is 0 Å². The zero-order chi connectivity index (χ0) is 16.5. The van der Waals surface area contributed by atoms with Gasteiger partial charge in [-0.2, -0.15) is 0 Å². The van der Waals surface area contributed by atoms with E-state index in [1.165, 1.54) is 12.0 Å². The van der Waals surface area contributed by atoms with Gasteiger partial charge in [0.1, 0.15) is 11.6 Å². The van der Waals surface area contributed by atoms with Gasteiger partial charge in [-0.15, -0.1) is 6.58 Å². The SMILES string of the molecule is C=CC[C@]12CCOC1CN(C(=O)OC(C)(C)C)[C@@H]2C(=O)OC. The molecule has 0 aliphatic carbocycles. The first kappa shape index (κ1) is 16.8. The fraction of sp³-hybridized carbons (Fsp3) is 0.750. The van der Waals surface area contributed by atoms with E-state index in [4.69, 9.17) is 14.2 Å². The molecule has 2 aliphatic heterocycles. The van der Waals surface area contributed by atoms with E-state index >= 15 is 0 Å². The molecule has 0 spiro atoms. The monoisotopic (exact) mass is 311 g/mol. The van der Waals surface area contributed by atoms with Gasteiger partial charge in [0, 0.05) is 12.0 Å². The summed E-state index contributed by atoms with van der Waals surface area (Å²) < 4.78 is 16.1. The molecule has 22 heavy (non-hydrogen) atoms. The van der Waals surface area contributed by atoms with E-state index in [1.807, 2.05) is 0 Å². The first-order valence-corrected chi connectivity index (χ1v) is 7.55. The average Bonchev–Trinajstić information content (AvgIpc) is 2.91. The molecule has 124 valence electrons. The molecule has 2 aliphatic rings. The number of hydrogen-bond donors (Lipinski definition) is 0. The van der Waals surface area contributed by atoms with Crippen molar-refractivity contribution in [3.05, 3.63) is 12.7 Å². The maximum Gasteiger partial charge on any atom is 0.411 e. The van der Waals surface area contributed by atoms with Gasteiger partial charge in [0.15, 0.2) is 0 Å². The standard InChI is InChI=1S/C16H25NO5/c1-6-7-16-8-9-21-11(16)10-17(12(16)13(18)20-5)14(19)22-15(2,3)4/h6,11-12H,1,7-10H2,2-5H3/t11?,12-,16+/m1/s1. The fourth-order valence-electron chi connectivity index (χ4n) is 3.45. The Labute approximate surface area is 131 Å². The summed E-state index contributed by atoms with van der Waals surface area (Å²) in [7, 11) is 1.33. The van der Waals surface area contributed by atoms with Gasteiger partial charge in [0.25, 0.3) is 0 Å². The number of likely N-dealkylation sites (tertiary alicyclic amines) is 1. The van der Waals surface area contributed by atoms with Gasteiger partial charge in [-0.1, -0.05) is 6.08 Å². The lowest BCUT2D eigenvalue weighted by Crippen LogP contribution is -2.50. The van der Waals surface area contributed by atoms with Crippen LogP contribution in [0.4, 0.5) is 4.79 Å². The van der Waals surface area contributed by atoms with E-state index in [9.17, 15) is 9.59 Å². The number of ether oxygens (including phenoxy) is 3. The molecule has 6 heteroatoms. The minimum atomic E-state index is -0.696. The van der Waals surface area contributed by atoms with Crippen molar-refractivity contribution in [1.29, 1.82) is 0 Å². The first-order chi connectivity index (χ1) is 10.2. The highest BCUT2D eigenvalue weighted by molar-refractivity contribution is 5.83. The number of allylic oxidation sites excluding steroid dienone is 1. The number of rotatable bonds is 3. The predicted octanol–water partition coefficient (Wildman–Crippen LogP) is 2.13. The topological polar surface area (TPSA) is 65.1 Å². The van der Waals surface area contributed by atoms with E-state index in [2.05, 4.69) is 6.58 Å². The Morgan fingerprint density at radius 1 is 1.45 bits per heavy atom. The molecule has 0 N–H and O–H groups in total. The van der Waals surface area contributed by atoms with Crippen LogP contribution in [0.3, 0.4) is 0 Å². The fourth-order valence-corrected chi connectivity index (χ4v) is 3.45. The van der Waals surface area contributed by atoms with Crippen LogP contribution in [0.1, 0.15) is 33.6 Å². The van der Waals surface area contributed by atoms with E-state index in [1.54, 1.807) is 26.8 Å². The quantitative estimate of drug-likeness (QED) is 0.590. The van der Waals surface area contributed by atoms with Gasteiger partial charge in [0.2, 0.25) is 0 Å². The molecule has 0 aromatic heterocycles. The number of hydrogen-bond acceptors (Lipinski definition) is 5. The summed E-state index contributed by atoms with van der Waals surface area (Å²) in [5.41, 5.74) is -1.09. The minimum absolute atomic E-state index is 0.192. The normalized spacial score (nSPS) is 30.8. The molecule has 0 aromatic carbocycles. The maximum absolute atomic E-state index is 12.5. The van der Waals surface area contributed by atoms with Crippen LogP contribution in [0, 0.1) is 5.41 Å². The largest absolute Gasteiger partial charge is 0.467 e. The number of amides is 1. The first-order valence-electron chi connectivity index (χ1n) is 7.55. The number of fused-ring (bicyclic) bond motifs is 1. The summed E-state index contributed by atoms with van der Waals surface area (Å²) in [4.78, 5) is 26.3. The number of carbonyl (C=O) groups is 2. The van der Waals surface area contributed by atoms with Gasteiger partial charge in [0.05, 0.1) is 19.8 Å². The Balaban J connectivity index is 2.33. The van der Waals surface area contributed by atoms with Crippen molar-refractivity contribution in [1.82, 2.24) is 4.90 Å². The number of carbonyl (C=O) groups excluding carboxylic acids is 2. The second kappa shape index (κ2) is 5.91. The second-order valence-corrected chi connectivity index (χ2v) is 6.89. The second-order valence-electron chi connectivity index (χ2n) is 6.89. The van der Waals surface area contributed by atoms with Crippen LogP contribution in [-0.4, -0.2) is 55.0 Å². The summed E-state index contributed by atoms with van der Waals surface area (Å²) in [6.07, 6.45) is 2.36. The van der Waals surface area contributed by atoms with Crippen molar-refractivity contribution in [2.75, 3.05) is 20.3 Å². The van der Waals surface area contributed by atoms with Crippen molar-refractivity contribution in [3.8, 4) is 0 Å². The molecule has 1 amide bonds. The van der Waals surface area contributed by atoms with Crippen LogP contribution in [0.5, 0.6) is 0 Å². The molecular weight excluding hydrogens is 286 g/mol. The highest BCUT2D eigenvalue weighted by Gasteiger charge is 2.62. The predicted molar refractivity (Wildman–Crippen MR) is 80.3 cm³/mol. The number of methoxy groups -OCH3 is 1. The molecular formula is C16H25NO5. The van der Waals surface area contributed by atoms with Crippen molar-refractivity contribution in [3.63, 3.8) is 0 Å². The van der Waals surface area contributed by atoms with Gasteiger partial charge < -0.3 is 14.2 Å². The van der Waals surface area contributed by atoms with Crippen molar-refractivity contribution >= 4 is 12.1 Å². The van der Waals surface area contributed by atoms with Gasteiger partial charge in [-0.05, 0) is 33.6 Å². The molecule has 0 saturated carbocycles. The Hall–Kier alpha value is -1.56. The Morgan fingerprint density at radius 2 is 2.14 bits per heavy atom. The molecule has 0 aromatic rings. The third-order valence-electron chi connectivity index (χ3n) is 4.32. The summed E-state index contributed by atoms with van der Waals surface area (Å²) >= 11 is 0. The number of nitrogens with zero attached hydrogens (tertiary/aromatic N) is 1. The molecule has 2 fully saturated rings. The smallest absolute Gasteiger partial charge is 0.411 e. The maximum atomic E-state index is 12.5. The Kier molecular flexibility index (Phi) is 4.52. The summed E-state index contributed by atoms with van der Waals surface area (Å²) in [6.45, 7) is 10.1. The third-order valence-corrected chi connectivity index (χ3v) is 4.32. The molecule has 2 heterocycles. The summed E-state index contributed by atoms with van der Waals surface area (Å²) in [5, 5.41) is 0. The highest BCUT2D eigenvalue weighted by Crippen LogP contribution is 2.49. The summed E-state index contributed by atoms with van der Waals surface area (Å²) in [6, 6.07) is -0.696. The molecule has 0 bridgehead atoms. The van der Waals surface area contributed by atoms with E-state index in [0.717, 1.165) is 0 Å². The lowest BCUT2D eigenvalue weighted by atomic mass is 9.74. The van der Waals surface area contributed by atoms with Crippen LogP contribution < -0.4 is 0 Å². The number of esters is 1. The van der Waals surface area contributed by atoms with Crippen LogP contribution in [0.15, 0.2) is 12.7 Å². The van der Waals surface area contributed by atoms with E-state index in [0.29, 0.717) is 26.0 Å². The van der Waals surface area contributed by atoms with Crippen LogP contribution in [-0.2, 0) is 19.0 Å². The summed E-state index contributed by atoms with van der Waals surface area (Å²) in [5.74, 6) is -0.430. The van der Waals surface area contributed by atoms with Crippen LogP contribution >= 0.6 is 0 Å². The molecule has 3 atom stereocenters. The Morgan fingerprint density at radius 3 is 2.68 bits per heavy atom. The lowest BCUT2D eigenvalue weighted by molar-refractivity contribution is -0.149. The average molecular weight is 311 g/mol.